The lowest BCUT2D eigenvalue weighted by molar-refractivity contribution is 0.414. The molecule has 2 aromatic carbocycles. The zero-order valence-electron chi connectivity index (χ0n) is 12.0. The van der Waals surface area contributed by atoms with E-state index in [2.05, 4.69) is 22.3 Å². The first-order valence-corrected chi connectivity index (χ1v) is 7.03. The van der Waals surface area contributed by atoms with Crippen LogP contribution in [0.15, 0.2) is 54.6 Å². The molecule has 0 atom stereocenters. The Morgan fingerprint density at radius 1 is 1.09 bits per heavy atom. The molecule has 1 aromatic heterocycles. The number of nitrogens with one attached hydrogen (secondary N) is 1. The van der Waals surface area contributed by atoms with Crippen LogP contribution in [-0.4, -0.2) is 21.9 Å². The summed E-state index contributed by atoms with van der Waals surface area (Å²) in [6.45, 7) is 0. The van der Waals surface area contributed by atoms with E-state index in [0.717, 1.165) is 23.7 Å². The van der Waals surface area contributed by atoms with Crippen LogP contribution in [-0.2, 0) is 6.42 Å². The van der Waals surface area contributed by atoms with E-state index in [1.807, 2.05) is 47.0 Å². The second kappa shape index (κ2) is 7.24. The molecule has 0 bridgehead atoms. The van der Waals surface area contributed by atoms with E-state index in [1.165, 1.54) is 5.56 Å². The lowest BCUT2D eigenvalue weighted by Gasteiger charge is -2.08. The molecule has 1 N–H and O–H groups in total. The molecule has 4 nitrogen and oxygen atoms in total. The fraction of sp³-hybridized carbons (Fsp3) is 0.125. The van der Waals surface area contributed by atoms with E-state index in [-0.39, 0.29) is 12.4 Å². The molecule has 3 aromatic rings. The summed E-state index contributed by atoms with van der Waals surface area (Å²) in [6.07, 6.45) is 0.722. The van der Waals surface area contributed by atoms with Crippen LogP contribution in [0.2, 0.25) is 0 Å². The molecule has 0 spiro atoms. The number of aromatic amines is 1. The van der Waals surface area contributed by atoms with Crippen LogP contribution in [0.1, 0.15) is 11.4 Å². The van der Waals surface area contributed by atoms with Gasteiger partial charge in [0.15, 0.2) is 4.77 Å². The first kappa shape index (κ1) is 16.3. The van der Waals surface area contributed by atoms with Crippen molar-refractivity contribution in [1.82, 2.24) is 14.8 Å². The number of hydrogen-bond acceptors (Lipinski definition) is 3. The standard InChI is InChI=1S/C16H15N3OS.ClH/c1-20-14-9-7-13(8-10-14)19-15(17-18-16(19)21)11-12-5-3-2-4-6-12;/h2-10H,11H2,1H3,(H,18,21);1H. The highest BCUT2D eigenvalue weighted by Gasteiger charge is 2.09. The molecule has 114 valence electrons. The highest BCUT2D eigenvalue weighted by Crippen LogP contribution is 2.18. The van der Waals surface area contributed by atoms with E-state index >= 15 is 0 Å². The van der Waals surface area contributed by atoms with Crippen LogP contribution >= 0.6 is 24.6 Å². The van der Waals surface area contributed by atoms with Crippen molar-refractivity contribution >= 4 is 24.6 Å². The van der Waals surface area contributed by atoms with Crippen molar-refractivity contribution in [3.63, 3.8) is 0 Å². The topological polar surface area (TPSA) is 42.8 Å². The van der Waals surface area contributed by atoms with Crippen LogP contribution in [0.25, 0.3) is 5.69 Å². The molecular weight excluding hydrogens is 318 g/mol. The van der Waals surface area contributed by atoms with Crippen molar-refractivity contribution in [1.29, 1.82) is 0 Å². The Hall–Kier alpha value is -2.11. The summed E-state index contributed by atoms with van der Waals surface area (Å²) in [7, 11) is 1.65. The minimum absolute atomic E-state index is 0. The predicted molar refractivity (Wildman–Crippen MR) is 91.8 cm³/mol. The minimum atomic E-state index is 0. The molecule has 0 aliphatic rings. The maximum absolute atomic E-state index is 5.35. The number of aromatic nitrogens is 3. The van der Waals surface area contributed by atoms with Gasteiger partial charge in [-0.25, -0.2) is 0 Å². The molecule has 0 aliphatic carbocycles. The molecule has 0 fully saturated rings. The number of halogens is 1. The van der Waals surface area contributed by atoms with Gasteiger partial charge in [0.1, 0.15) is 11.6 Å². The molecule has 0 amide bonds. The van der Waals surface area contributed by atoms with Crippen molar-refractivity contribution in [3.05, 3.63) is 70.8 Å². The number of rotatable bonds is 4. The van der Waals surface area contributed by atoms with Gasteiger partial charge in [-0.15, -0.1) is 12.4 Å². The van der Waals surface area contributed by atoms with E-state index in [4.69, 9.17) is 17.0 Å². The number of hydrogen-bond donors (Lipinski definition) is 1. The summed E-state index contributed by atoms with van der Waals surface area (Å²) in [5.74, 6) is 1.70. The Morgan fingerprint density at radius 3 is 2.41 bits per heavy atom. The molecule has 6 heteroatoms. The molecule has 0 saturated carbocycles. The van der Waals surface area contributed by atoms with Gasteiger partial charge in [0, 0.05) is 12.1 Å². The van der Waals surface area contributed by atoms with Crippen molar-refractivity contribution < 1.29 is 4.74 Å². The molecule has 3 rings (SSSR count). The quantitative estimate of drug-likeness (QED) is 0.735. The van der Waals surface area contributed by atoms with Gasteiger partial charge in [0.25, 0.3) is 0 Å². The van der Waals surface area contributed by atoms with Gasteiger partial charge in [-0.2, -0.15) is 5.10 Å². The monoisotopic (exact) mass is 333 g/mol. The number of methoxy groups -OCH3 is 1. The Bertz CT molecular complexity index is 781. The van der Waals surface area contributed by atoms with Crippen molar-refractivity contribution in [3.8, 4) is 11.4 Å². The number of ether oxygens (including phenoxy) is 1. The summed E-state index contributed by atoms with van der Waals surface area (Å²) in [6, 6.07) is 18.0. The SMILES string of the molecule is COc1ccc(-n2c(Cc3ccccc3)n[nH]c2=S)cc1.Cl. The first-order valence-electron chi connectivity index (χ1n) is 6.62. The third kappa shape index (κ3) is 3.37. The fourth-order valence-electron chi connectivity index (χ4n) is 2.22. The lowest BCUT2D eigenvalue weighted by Crippen LogP contribution is -2.02. The third-order valence-corrected chi connectivity index (χ3v) is 3.55. The molecule has 0 unspecified atom stereocenters. The minimum Gasteiger partial charge on any atom is -0.497 e. The van der Waals surface area contributed by atoms with Gasteiger partial charge in [-0.1, -0.05) is 30.3 Å². The van der Waals surface area contributed by atoms with Crippen molar-refractivity contribution in [2.45, 2.75) is 6.42 Å². The molecule has 0 saturated heterocycles. The molecule has 0 aliphatic heterocycles. The molecule has 0 radical (unpaired) electrons. The zero-order valence-corrected chi connectivity index (χ0v) is 13.7. The van der Waals surface area contributed by atoms with Gasteiger partial charge >= 0.3 is 0 Å². The fourth-order valence-corrected chi connectivity index (χ4v) is 2.48. The van der Waals surface area contributed by atoms with Crippen LogP contribution in [0, 0.1) is 4.77 Å². The Balaban J connectivity index is 0.00000176. The van der Waals surface area contributed by atoms with Crippen LogP contribution in [0.5, 0.6) is 5.75 Å². The summed E-state index contributed by atoms with van der Waals surface area (Å²) < 4.78 is 7.72. The van der Waals surface area contributed by atoms with Crippen LogP contribution in [0.4, 0.5) is 0 Å². The first-order chi connectivity index (χ1) is 10.3. The highest BCUT2D eigenvalue weighted by molar-refractivity contribution is 7.71. The van der Waals surface area contributed by atoms with Gasteiger partial charge in [0.2, 0.25) is 0 Å². The van der Waals surface area contributed by atoms with Crippen molar-refractivity contribution in [2.24, 2.45) is 0 Å². The highest BCUT2D eigenvalue weighted by atomic mass is 35.5. The average Bonchev–Trinajstić information content (AvgIpc) is 2.89. The summed E-state index contributed by atoms with van der Waals surface area (Å²) in [5.41, 5.74) is 2.17. The largest absolute Gasteiger partial charge is 0.497 e. The Morgan fingerprint density at radius 2 is 1.77 bits per heavy atom. The molecular formula is C16H16ClN3OS. The summed E-state index contributed by atoms with van der Waals surface area (Å²) in [4.78, 5) is 0. The van der Waals surface area contributed by atoms with Crippen LogP contribution < -0.4 is 4.74 Å². The van der Waals surface area contributed by atoms with Crippen molar-refractivity contribution in [2.75, 3.05) is 7.11 Å². The Labute approximate surface area is 140 Å². The third-order valence-electron chi connectivity index (χ3n) is 3.28. The number of H-pyrrole nitrogens is 1. The van der Waals surface area contributed by atoms with Gasteiger partial charge in [-0.3, -0.25) is 9.67 Å². The summed E-state index contributed by atoms with van der Waals surface area (Å²) in [5, 5.41) is 7.21. The number of nitrogens with zero attached hydrogens (tertiary/aromatic N) is 2. The maximum Gasteiger partial charge on any atom is 0.199 e. The normalized spacial score (nSPS) is 10.0. The van der Waals surface area contributed by atoms with Gasteiger partial charge in [0.05, 0.1) is 7.11 Å². The molecule has 1 heterocycles. The van der Waals surface area contributed by atoms with E-state index < -0.39 is 0 Å². The van der Waals surface area contributed by atoms with Gasteiger partial charge < -0.3 is 4.74 Å². The molecule has 22 heavy (non-hydrogen) atoms. The van der Waals surface area contributed by atoms with E-state index in [1.54, 1.807) is 7.11 Å². The summed E-state index contributed by atoms with van der Waals surface area (Å²) >= 11 is 5.35. The smallest absolute Gasteiger partial charge is 0.199 e. The van der Waals surface area contributed by atoms with Gasteiger partial charge in [-0.05, 0) is 42.0 Å². The number of benzene rings is 2. The predicted octanol–water partition coefficient (Wildman–Crippen LogP) is 3.95. The maximum atomic E-state index is 5.35. The lowest BCUT2D eigenvalue weighted by atomic mass is 10.1. The second-order valence-corrected chi connectivity index (χ2v) is 5.03. The second-order valence-electron chi connectivity index (χ2n) is 4.64. The zero-order chi connectivity index (χ0) is 14.7. The average molecular weight is 334 g/mol. The van der Waals surface area contributed by atoms with E-state index in [9.17, 15) is 0 Å². The Kier molecular flexibility index (Phi) is 5.35. The van der Waals surface area contributed by atoms with E-state index in [0.29, 0.717) is 4.77 Å². The van der Waals surface area contributed by atoms with Crippen LogP contribution in [0.3, 0.4) is 0 Å².